The van der Waals surface area contributed by atoms with Gasteiger partial charge in [0.1, 0.15) is 12.4 Å². The number of carboxylic acids is 1. The maximum Gasteiger partial charge on any atom is 0.333 e. The summed E-state index contributed by atoms with van der Waals surface area (Å²) in [6, 6.07) is 34.0. The zero-order valence-corrected chi connectivity index (χ0v) is 19.3. The van der Waals surface area contributed by atoms with E-state index in [0.717, 1.165) is 23.4 Å². The van der Waals surface area contributed by atoms with Crippen LogP contribution in [0.2, 0.25) is 0 Å². The van der Waals surface area contributed by atoms with Gasteiger partial charge < -0.3 is 19.1 Å². The van der Waals surface area contributed by atoms with Crippen LogP contribution in [0.1, 0.15) is 11.1 Å². The molecule has 0 unspecified atom stereocenters. The van der Waals surface area contributed by atoms with Gasteiger partial charge in [0, 0.05) is 28.2 Å². The molecule has 0 saturated heterocycles. The molecule has 0 aliphatic rings. The van der Waals surface area contributed by atoms with Crippen LogP contribution in [0.25, 0.3) is 21.8 Å². The Kier molecular flexibility index (Phi) is 6.77. The minimum Gasteiger partial charge on any atom is -0.492 e. The van der Waals surface area contributed by atoms with Crippen molar-refractivity contribution in [3.63, 3.8) is 0 Å². The van der Waals surface area contributed by atoms with Gasteiger partial charge in [-0.3, -0.25) is 0 Å². The third kappa shape index (κ3) is 5.20. The van der Waals surface area contributed by atoms with Gasteiger partial charge in [-0.2, -0.15) is 0 Å². The smallest absolute Gasteiger partial charge is 0.333 e. The number of hydrogen-bond acceptors (Lipinski definition) is 3. The Labute approximate surface area is 204 Å². The van der Waals surface area contributed by atoms with Crippen molar-refractivity contribution in [3.05, 3.63) is 114 Å². The Morgan fingerprint density at radius 2 is 1.34 bits per heavy atom. The minimum atomic E-state index is -0.965. The molecule has 0 saturated carbocycles. The molecule has 5 heteroatoms. The van der Waals surface area contributed by atoms with E-state index >= 15 is 0 Å². The van der Waals surface area contributed by atoms with E-state index in [2.05, 4.69) is 53.1 Å². The Bertz CT molecular complexity index is 1370. The minimum absolute atomic E-state index is 0.266. The normalized spacial score (nSPS) is 12.1. The molecule has 5 rings (SSSR count). The Morgan fingerprint density at radius 3 is 1.97 bits per heavy atom. The van der Waals surface area contributed by atoms with E-state index in [-0.39, 0.29) is 6.61 Å². The number of aromatic nitrogens is 1. The fourth-order valence-corrected chi connectivity index (χ4v) is 4.42. The fourth-order valence-electron chi connectivity index (χ4n) is 4.42. The van der Waals surface area contributed by atoms with Crippen molar-refractivity contribution >= 4 is 27.8 Å². The molecular formula is C30H27NO4. The van der Waals surface area contributed by atoms with E-state index < -0.39 is 12.1 Å². The summed E-state index contributed by atoms with van der Waals surface area (Å²) in [6.07, 6.45) is -0.610. The molecule has 0 amide bonds. The first kappa shape index (κ1) is 22.7. The lowest BCUT2D eigenvalue weighted by Gasteiger charge is -2.14. The summed E-state index contributed by atoms with van der Waals surface area (Å²) in [5, 5.41) is 12.1. The number of carboxylic acid groups (broad SMARTS) is 1. The van der Waals surface area contributed by atoms with Crippen LogP contribution in [0.5, 0.6) is 5.75 Å². The van der Waals surface area contributed by atoms with Crippen LogP contribution >= 0.6 is 0 Å². The molecule has 0 radical (unpaired) electrons. The highest BCUT2D eigenvalue weighted by molar-refractivity contribution is 6.07. The van der Waals surface area contributed by atoms with Gasteiger partial charge in [-0.15, -0.1) is 0 Å². The number of carbonyl (C=O) groups is 1. The number of nitrogens with zero attached hydrogens (tertiary/aromatic N) is 1. The SMILES string of the molecule is O=C(O)[C@H](Cc1ccc(OCCn2c3ccccc3c3ccccc32)cc1)OCc1ccccc1. The number of benzene rings is 4. The van der Waals surface area contributed by atoms with Crippen molar-refractivity contribution in [2.24, 2.45) is 0 Å². The molecule has 5 nitrogen and oxygen atoms in total. The molecule has 176 valence electrons. The Hall–Kier alpha value is -4.09. The van der Waals surface area contributed by atoms with Crippen molar-refractivity contribution < 1.29 is 19.4 Å². The molecule has 1 heterocycles. The molecule has 0 aliphatic heterocycles. The highest BCUT2D eigenvalue weighted by Crippen LogP contribution is 2.28. The largest absolute Gasteiger partial charge is 0.492 e. The second kappa shape index (κ2) is 10.5. The molecule has 4 aromatic carbocycles. The van der Waals surface area contributed by atoms with E-state index in [4.69, 9.17) is 9.47 Å². The molecule has 0 fully saturated rings. The average molecular weight is 466 g/mol. The van der Waals surface area contributed by atoms with Crippen molar-refractivity contribution in [3.8, 4) is 5.75 Å². The van der Waals surface area contributed by atoms with Crippen LogP contribution < -0.4 is 4.74 Å². The lowest BCUT2D eigenvalue weighted by atomic mass is 10.1. The van der Waals surface area contributed by atoms with Crippen LogP contribution in [0.3, 0.4) is 0 Å². The quantitative estimate of drug-likeness (QED) is 0.271. The van der Waals surface area contributed by atoms with Gasteiger partial charge in [-0.1, -0.05) is 78.9 Å². The molecule has 5 aromatic rings. The summed E-state index contributed by atoms with van der Waals surface area (Å²) in [5.41, 5.74) is 4.23. The number of rotatable bonds is 10. The maximum atomic E-state index is 11.7. The Morgan fingerprint density at radius 1 is 0.743 bits per heavy atom. The summed E-state index contributed by atoms with van der Waals surface area (Å²) < 4.78 is 14.0. The molecule has 0 spiro atoms. The summed E-state index contributed by atoms with van der Waals surface area (Å²) >= 11 is 0. The number of aliphatic carboxylic acids is 1. The summed E-state index contributed by atoms with van der Waals surface area (Å²) in [5.74, 6) is -0.209. The average Bonchev–Trinajstić information content (AvgIpc) is 3.22. The first-order chi connectivity index (χ1) is 17.2. The van der Waals surface area contributed by atoms with Gasteiger partial charge in [-0.05, 0) is 35.4 Å². The van der Waals surface area contributed by atoms with E-state index in [1.54, 1.807) is 0 Å². The van der Waals surface area contributed by atoms with Crippen LogP contribution in [0, 0.1) is 0 Å². The van der Waals surface area contributed by atoms with Gasteiger partial charge in [0.15, 0.2) is 6.10 Å². The topological polar surface area (TPSA) is 60.7 Å². The molecule has 1 aromatic heterocycles. The van der Waals surface area contributed by atoms with E-state index in [1.807, 2.05) is 54.6 Å². The lowest BCUT2D eigenvalue weighted by molar-refractivity contribution is -0.151. The monoisotopic (exact) mass is 465 g/mol. The van der Waals surface area contributed by atoms with E-state index in [9.17, 15) is 9.90 Å². The molecule has 1 N–H and O–H groups in total. The highest BCUT2D eigenvalue weighted by atomic mass is 16.5. The number of ether oxygens (including phenoxy) is 2. The maximum absolute atomic E-state index is 11.7. The first-order valence-electron chi connectivity index (χ1n) is 11.7. The van der Waals surface area contributed by atoms with Crippen molar-refractivity contribution in [1.29, 1.82) is 0 Å². The summed E-state index contributed by atoms with van der Waals surface area (Å²) in [4.78, 5) is 11.7. The van der Waals surface area contributed by atoms with Crippen LogP contribution in [0.15, 0.2) is 103 Å². The van der Waals surface area contributed by atoms with Crippen molar-refractivity contribution in [2.45, 2.75) is 25.7 Å². The summed E-state index contributed by atoms with van der Waals surface area (Å²) in [6.45, 7) is 1.52. The first-order valence-corrected chi connectivity index (χ1v) is 11.7. The standard InChI is InChI=1S/C30H27NO4/c32-30(33)29(35-21-23-8-2-1-3-9-23)20-22-14-16-24(17-15-22)34-19-18-31-27-12-6-4-10-25(27)26-11-5-7-13-28(26)31/h1-17,29H,18-21H2,(H,32,33)/t29-/m0/s1. The van der Waals surface area contributed by atoms with Crippen molar-refractivity contribution in [2.75, 3.05) is 6.61 Å². The third-order valence-electron chi connectivity index (χ3n) is 6.18. The highest BCUT2D eigenvalue weighted by Gasteiger charge is 2.19. The van der Waals surface area contributed by atoms with Gasteiger partial charge in [0.05, 0.1) is 13.2 Å². The third-order valence-corrected chi connectivity index (χ3v) is 6.18. The number of fused-ring (bicyclic) bond motifs is 3. The molecule has 0 aliphatic carbocycles. The predicted octanol–water partition coefficient (Wildman–Crippen LogP) is 6.09. The number of hydrogen-bond donors (Lipinski definition) is 1. The molecular weight excluding hydrogens is 438 g/mol. The van der Waals surface area contributed by atoms with Gasteiger partial charge in [0.2, 0.25) is 0 Å². The lowest BCUT2D eigenvalue weighted by Crippen LogP contribution is -2.26. The molecule has 35 heavy (non-hydrogen) atoms. The molecule has 1 atom stereocenters. The fraction of sp³-hybridized carbons (Fsp3) is 0.167. The second-order valence-electron chi connectivity index (χ2n) is 8.51. The van der Waals surface area contributed by atoms with Gasteiger partial charge >= 0.3 is 5.97 Å². The number of para-hydroxylation sites is 2. The van der Waals surface area contributed by atoms with Crippen LogP contribution in [-0.4, -0.2) is 28.4 Å². The molecule has 0 bridgehead atoms. The van der Waals surface area contributed by atoms with Gasteiger partial charge in [-0.25, -0.2) is 4.79 Å². The van der Waals surface area contributed by atoms with Crippen molar-refractivity contribution in [1.82, 2.24) is 4.57 Å². The van der Waals surface area contributed by atoms with Crippen LogP contribution in [0.4, 0.5) is 0 Å². The second-order valence-corrected chi connectivity index (χ2v) is 8.51. The van der Waals surface area contributed by atoms with E-state index in [0.29, 0.717) is 13.0 Å². The Balaban J connectivity index is 1.20. The van der Waals surface area contributed by atoms with Gasteiger partial charge in [0.25, 0.3) is 0 Å². The van der Waals surface area contributed by atoms with Crippen LogP contribution in [-0.2, 0) is 29.1 Å². The zero-order valence-electron chi connectivity index (χ0n) is 19.3. The predicted molar refractivity (Wildman–Crippen MR) is 138 cm³/mol. The summed E-state index contributed by atoms with van der Waals surface area (Å²) in [7, 11) is 0. The van der Waals surface area contributed by atoms with E-state index in [1.165, 1.54) is 21.8 Å². The zero-order chi connectivity index (χ0) is 24.0.